The van der Waals surface area contributed by atoms with Crippen molar-refractivity contribution in [3.05, 3.63) is 35.7 Å². The highest BCUT2D eigenvalue weighted by atomic mass is 19.3. The predicted octanol–water partition coefficient (Wildman–Crippen LogP) is 4.04. The fraction of sp³-hybridized carbons (Fsp3) is 0.308. The molecule has 0 spiro atoms. The van der Waals surface area contributed by atoms with E-state index < -0.39 is 29.6 Å². The lowest BCUT2D eigenvalue weighted by Gasteiger charge is -2.15. The maximum atomic E-state index is 13.0. The fourth-order valence-electron chi connectivity index (χ4n) is 1.30. The molecule has 0 aliphatic carbocycles. The van der Waals surface area contributed by atoms with E-state index in [1.54, 1.807) is 0 Å². The van der Waals surface area contributed by atoms with Gasteiger partial charge >= 0.3 is 12.3 Å². The first kappa shape index (κ1) is 17.6. The predicted molar refractivity (Wildman–Crippen MR) is 68.8 cm³/mol. The quantitative estimate of drug-likeness (QED) is 0.372. The SMILES string of the molecule is COc1ccc(N=N/C(C(C)=O)=C(\O)C(F)(F)C(F)F)cc1. The Morgan fingerprint density at radius 2 is 1.82 bits per heavy atom. The molecule has 1 N–H and O–H groups in total. The Morgan fingerprint density at radius 3 is 2.23 bits per heavy atom. The Labute approximate surface area is 122 Å². The van der Waals surface area contributed by atoms with Crippen LogP contribution >= 0.6 is 0 Å². The van der Waals surface area contributed by atoms with Gasteiger partial charge in [0.1, 0.15) is 5.75 Å². The van der Waals surface area contributed by atoms with Crippen LogP contribution in [0, 0.1) is 0 Å². The number of allylic oxidation sites excluding steroid dienone is 2. The molecular formula is C13H12F4N2O3. The number of carbonyl (C=O) groups is 1. The summed E-state index contributed by atoms with van der Waals surface area (Å²) in [7, 11) is 1.43. The van der Waals surface area contributed by atoms with Gasteiger partial charge in [-0.3, -0.25) is 4.79 Å². The molecule has 0 fully saturated rings. The van der Waals surface area contributed by atoms with E-state index in [0.717, 1.165) is 6.92 Å². The molecule has 22 heavy (non-hydrogen) atoms. The standard InChI is InChI=1S/C13H12F4N2O3/c1-7(20)10(11(21)13(16,17)12(14)15)19-18-8-3-5-9(22-2)6-4-8/h3-6,12,21H,1-2H3/b11-10-,19-18?. The summed E-state index contributed by atoms with van der Waals surface area (Å²) in [5.41, 5.74) is -1.09. The molecule has 1 aromatic rings. The van der Waals surface area contributed by atoms with E-state index in [2.05, 4.69) is 10.2 Å². The number of ether oxygens (including phenoxy) is 1. The molecular weight excluding hydrogens is 308 g/mol. The van der Waals surface area contributed by atoms with E-state index in [4.69, 9.17) is 4.74 Å². The van der Waals surface area contributed by atoms with Gasteiger partial charge in [0.05, 0.1) is 12.8 Å². The number of hydrogen-bond acceptors (Lipinski definition) is 5. The summed E-state index contributed by atoms with van der Waals surface area (Å²) < 4.78 is 55.4. The molecule has 0 atom stereocenters. The first-order valence-electron chi connectivity index (χ1n) is 5.86. The monoisotopic (exact) mass is 320 g/mol. The van der Waals surface area contributed by atoms with Crippen molar-refractivity contribution in [3.63, 3.8) is 0 Å². The minimum Gasteiger partial charge on any atom is -0.504 e. The van der Waals surface area contributed by atoms with Crippen molar-refractivity contribution < 1.29 is 32.2 Å². The number of carbonyl (C=O) groups excluding carboxylic acids is 1. The molecule has 0 saturated heterocycles. The summed E-state index contributed by atoms with van der Waals surface area (Å²) >= 11 is 0. The van der Waals surface area contributed by atoms with Crippen LogP contribution in [-0.2, 0) is 4.79 Å². The lowest BCUT2D eigenvalue weighted by Crippen LogP contribution is -2.30. The van der Waals surface area contributed by atoms with Crippen LogP contribution in [0.25, 0.3) is 0 Å². The van der Waals surface area contributed by atoms with Crippen LogP contribution in [0.1, 0.15) is 6.92 Å². The third-order valence-electron chi connectivity index (χ3n) is 2.49. The van der Waals surface area contributed by atoms with E-state index in [0.29, 0.717) is 5.75 Å². The Morgan fingerprint density at radius 1 is 1.27 bits per heavy atom. The smallest absolute Gasteiger partial charge is 0.365 e. The van der Waals surface area contributed by atoms with Crippen LogP contribution in [0.15, 0.2) is 46.0 Å². The first-order valence-corrected chi connectivity index (χ1v) is 5.86. The number of aliphatic hydroxyl groups excluding tert-OH is 1. The zero-order valence-corrected chi connectivity index (χ0v) is 11.6. The van der Waals surface area contributed by atoms with Crippen molar-refractivity contribution in [2.24, 2.45) is 10.2 Å². The summed E-state index contributed by atoms with van der Waals surface area (Å²) in [6, 6.07) is 5.75. The molecule has 5 nitrogen and oxygen atoms in total. The third kappa shape index (κ3) is 4.03. The molecule has 0 saturated carbocycles. The topological polar surface area (TPSA) is 71.2 Å². The van der Waals surface area contributed by atoms with Crippen LogP contribution < -0.4 is 4.74 Å². The maximum absolute atomic E-state index is 13.0. The second-order valence-electron chi connectivity index (χ2n) is 4.08. The number of hydrogen-bond donors (Lipinski definition) is 1. The molecule has 1 rings (SSSR count). The number of alkyl halides is 4. The van der Waals surface area contributed by atoms with Gasteiger partial charge in [-0.15, -0.1) is 5.11 Å². The van der Waals surface area contributed by atoms with Crippen LogP contribution in [0.5, 0.6) is 5.75 Å². The normalized spacial score (nSPS) is 13.4. The summed E-state index contributed by atoms with van der Waals surface area (Å²) in [5, 5.41) is 15.8. The molecule has 9 heteroatoms. The Balaban J connectivity index is 3.16. The molecule has 0 aromatic heterocycles. The van der Waals surface area contributed by atoms with Crippen LogP contribution in [-0.4, -0.2) is 30.3 Å². The van der Waals surface area contributed by atoms with Gasteiger partial charge in [-0.25, -0.2) is 8.78 Å². The summed E-state index contributed by atoms with van der Waals surface area (Å²) in [6.45, 7) is 0.792. The van der Waals surface area contributed by atoms with Gasteiger partial charge in [0.15, 0.2) is 17.2 Å². The number of halogens is 4. The van der Waals surface area contributed by atoms with E-state index in [1.165, 1.54) is 31.4 Å². The number of ketones is 1. The van der Waals surface area contributed by atoms with Gasteiger partial charge in [0, 0.05) is 6.92 Å². The average Bonchev–Trinajstić information content (AvgIpc) is 2.47. The molecule has 1 aromatic carbocycles. The Kier molecular flexibility index (Phi) is 5.61. The highest BCUT2D eigenvalue weighted by Crippen LogP contribution is 2.32. The average molecular weight is 320 g/mol. The maximum Gasteiger partial charge on any atom is 0.365 e. The van der Waals surface area contributed by atoms with E-state index in [9.17, 15) is 27.5 Å². The van der Waals surface area contributed by atoms with Gasteiger partial charge in [0.25, 0.3) is 0 Å². The van der Waals surface area contributed by atoms with Crippen LogP contribution in [0.2, 0.25) is 0 Å². The number of Topliss-reactive ketones (excluding diaryl/α,β-unsaturated/α-hetero) is 1. The van der Waals surface area contributed by atoms with Gasteiger partial charge in [-0.2, -0.15) is 13.9 Å². The summed E-state index contributed by atoms with van der Waals surface area (Å²) in [5.74, 6) is -7.64. The molecule has 0 unspecified atom stereocenters. The van der Waals surface area contributed by atoms with Gasteiger partial charge in [-0.05, 0) is 24.3 Å². The zero-order chi connectivity index (χ0) is 16.9. The Bertz CT molecular complexity index is 598. The lowest BCUT2D eigenvalue weighted by molar-refractivity contribution is -0.126. The second-order valence-corrected chi connectivity index (χ2v) is 4.08. The second kappa shape index (κ2) is 7.01. The molecule has 0 bridgehead atoms. The number of azo groups is 1. The van der Waals surface area contributed by atoms with Crippen molar-refractivity contribution in [2.75, 3.05) is 7.11 Å². The van der Waals surface area contributed by atoms with Crippen molar-refractivity contribution in [1.82, 2.24) is 0 Å². The number of nitrogens with zero attached hydrogens (tertiary/aromatic N) is 2. The van der Waals surface area contributed by atoms with Gasteiger partial charge in [-0.1, -0.05) is 0 Å². The zero-order valence-electron chi connectivity index (χ0n) is 11.6. The number of methoxy groups -OCH3 is 1. The van der Waals surface area contributed by atoms with Gasteiger partial charge < -0.3 is 9.84 Å². The highest BCUT2D eigenvalue weighted by molar-refractivity contribution is 5.93. The lowest BCUT2D eigenvalue weighted by atomic mass is 10.2. The highest BCUT2D eigenvalue weighted by Gasteiger charge is 2.48. The molecule has 120 valence electrons. The molecule has 0 aliphatic rings. The number of rotatable bonds is 6. The minimum absolute atomic E-state index is 0.146. The summed E-state index contributed by atoms with van der Waals surface area (Å²) in [4.78, 5) is 11.2. The minimum atomic E-state index is -4.89. The molecule has 0 radical (unpaired) electrons. The fourth-order valence-corrected chi connectivity index (χ4v) is 1.30. The first-order chi connectivity index (χ1) is 10.2. The Hall–Kier alpha value is -2.45. The third-order valence-corrected chi connectivity index (χ3v) is 2.49. The number of aliphatic hydroxyl groups is 1. The number of benzene rings is 1. The van der Waals surface area contributed by atoms with Crippen LogP contribution in [0.3, 0.4) is 0 Å². The van der Waals surface area contributed by atoms with E-state index >= 15 is 0 Å². The van der Waals surface area contributed by atoms with Crippen LogP contribution in [0.4, 0.5) is 23.2 Å². The van der Waals surface area contributed by atoms with E-state index in [1.807, 2.05) is 0 Å². The van der Waals surface area contributed by atoms with E-state index in [-0.39, 0.29) is 5.69 Å². The van der Waals surface area contributed by atoms with Gasteiger partial charge in [0.2, 0.25) is 0 Å². The molecule has 0 amide bonds. The van der Waals surface area contributed by atoms with Crippen molar-refractivity contribution in [1.29, 1.82) is 0 Å². The van der Waals surface area contributed by atoms with Crippen molar-refractivity contribution in [3.8, 4) is 5.75 Å². The molecule has 0 heterocycles. The summed E-state index contributed by atoms with van der Waals surface area (Å²) in [6.07, 6.45) is -4.18. The van der Waals surface area contributed by atoms with Crippen molar-refractivity contribution in [2.45, 2.75) is 19.3 Å². The largest absolute Gasteiger partial charge is 0.504 e. The molecule has 0 aliphatic heterocycles. The van der Waals surface area contributed by atoms with Crippen molar-refractivity contribution >= 4 is 11.5 Å².